The maximum Gasteiger partial charge on any atom is 0.280 e. The van der Waals surface area contributed by atoms with Crippen molar-refractivity contribution >= 4 is 21.8 Å². The van der Waals surface area contributed by atoms with Gasteiger partial charge in [0, 0.05) is 40.8 Å². The molecule has 0 spiro atoms. The quantitative estimate of drug-likeness (QED) is 0.478. The summed E-state index contributed by atoms with van der Waals surface area (Å²) in [6.45, 7) is 15.5. The van der Waals surface area contributed by atoms with Crippen molar-refractivity contribution in [2.45, 2.75) is 105 Å². The predicted octanol–water partition coefficient (Wildman–Crippen LogP) is 4.24. The zero-order valence-corrected chi connectivity index (χ0v) is 28.2. The zero-order valence-electron chi connectivity index (χ0n) is 27.4. The van der Waals surface area contributed by atoms with E-state index in [0.717, 1.165) is 18.4 Å². The fourth-order valence-corrected chi connectivity index (χ4v) is 12.6. The first-order valence-corrected chi connectivity index (χ1v) is 17.7. The van der Waals surface area contributed by atoms with Crippen LogP contribution < -0.4 is 4.72 Å². The molecule has 0 aromatic carbocycles. The molecular weight excluding hydrogens is 578 g/mol. The van der Waals surface area contributed by atoms with Crippen LogP contribution in [0.15, 0.2) is 23.3 Å². The van der Waals surface area contributed by atoms with Gasteiger partial charge in [-0.15, -0.1) is 0 Å². The Morgan fingerprint density at radius 2 is 1.61 bits per heavy atom. The highest BCUT2D eigenvalue weighted by Gasteiger charge is 2.75. The number of rotatable bonds is 3. The first kappa shape index (κ1) is 32.1. The van der Waals surface area contributed by atoms with Crippen molar-refractivity contribution in [3.8, 4) is 6.07 Å². The number of allylic oxidation sites excluding steroid dienone is 3. The predicted molar refractivity (Wildman–Crippen MR) is 165 cm³/mol. The molecule has 8 atom stereocenters. The van der Waals surface area contributed by atoms with Crippen LogP contribution >= 0.6 is 0 Å². The maximum atomic E-state index is 14.6. The largest absolute Gasteiger partial charge is 0.381 e. The lowest BCUT2D eigenvalue weighted by Gasteiger charge is -2.71. The Morgan fingerprint density at radius 3 is 2.25 bits per heavy atom. The van der Waals surface area contributed by atoms with Gasteiger partial charge >= 0.3 is 0 Å². The highest BCUT2D eigenvalue weighted by Crippen LogP contribution is 2.75. The van der Waals surface area contributed by atoms with Crippen molar-refractivity contribution in [2.75, 3.05) is 26.3 Å². The molecule has 242 valence electrons. The molecule has 9 nitrogen and oxygen atoms in total. The number of aliphatic hydroxyl groups is 1. The second-order valence-corrected chi connectivity index (χ2v) is 18.2. The lowest BCUT2D eigenvalue weighted by molar-refractivity contribution is -0.239. The van der Waals surface area contributed by atoms with Crippen LogP contribution in [-0.2, 0) is 24.5 Å². The Morgan fingerprint density at radius 1 is 0.977 bits per heavy atom. The topological polar surface area (TPSA) is 137 Å². The van der Waals surface area contributed by atoms with Crippen molar-refractivity contribution in [1.29, 1.82) is 5.26 Å². The van der Waals surface area contributed by atoms with E-state index in [0.29, 0.717) is 58.4 Å². The summed E-state index contributed by atoms with van der Waals surface area (Å²) in [6, 6.07) is 2.14. The molecule has 2 N–H and O–H groups in total. The molecule has 10 heteroatoms. The van der Waals surface area contributed by atoms with E-state index in [4.69, 9.17) is 4.74 Å². The van der Waals surface area contributed by atoms with Gasteiger partial charge in [-0.2, -0.15) is 22.7 Å². The average molecular weight is 628 g/mol. The molecule has 4 fully saturated rings. The van der Waals surface area contributed by atoms with Gasteiger partial charge in [-0.05, 0) is 80.3 Å². The van der Waals surface area contributed by atoms with Crippen LogP contribution in [0.5, 0.6) is 0 Å². The van der Waals surface area contributed by atoms with Gasteiger partial charge in [0.1, 0.15) is 11.7 Å². The molecule has 0 aromatic rings. The summed E-state index contributed by atoms with van der Waals surface area (Å²) in [5, 5.41) is 23.0. The van der Waals surface area contributed by atoms with Gasteiger partial charge in [0.15, 0.2) is 11.6 Å². The second kappa shape index (κ2) is 9.57. The van der Waals surface area contributed by atoms with E-state index < -0.39 is 48.9 Å². The molecule has 0 aromatic heterocycles. The number of hydrogen-bond donors (Lipinski definition) is 2. The zero-order chi connectivity index (χ0) is 32.4. The Labute approximate surface area is 262 Å². The number of carbonyl (C=O) groups is 2. The molecule has 1 aliphatic heterocycles. The summed E-state index contributed by atoms with van der Waals surface area (Å²) < 4.78 is 36.8. The number of morpholine rings is 1. The van der Waals surface area contributed by atoms with E-state index in [1.165, 1.54) is 4.31 Å². The smallest absolute Gasteiger partial charge is 0.280 e. The molecular formula is C34H49N3O6S. The highest BCUT2D eigenvalue weighted by molar-refractivity contribution is 7.87. The third kappa shape index (κ3) is 3.98. The number of Topliss-reactive ketones (excluding diaryl/α,β-unsaturated/α-hetero) is 1. The Balaban J connectivity index is 1.44. The summed E-state index contributed by atoms with van der Waals surface area (Å²) in [5.74, 6) is -1.01. The van der Waals surface area contributed by atoms with Crippen molar-refractivity contribution in [3.63, 3.8) is 0 Å². The molecule has 0 radical (unpaired) electrons. The molecule has 0 amide bonds. The minimum absolute atomic E-state index is 0.0806. The van der Waals surface area contributed by atoms with Gasteiger partial charge in [-0.3, -0.25) is 9.59 Å². The highest BCUT2D eigenvalue weighted by atomic mass is 32.2. The van der Waals surface area contributed by atoms with E-state index >= 15 is 0 Å². The number of nitrogens with zero attached hydrogens (tertiary/aromatic N) is 2. The summed E-state index contributed by atoms with van der Waals surface area (Å²) in [4.78, 5) is 27.9. The number of carbonyl (C=O) groups excluding carboxylic acids is 2. The van der Waals surface area contributed by atoms with Crippen LogP contribution in [0, 0.1) is 50.2 Å². The summed E-state index contributed by atoms with van der Waals surface area (Å²) in [7, 11) is -3.79. The third-order valence-electron chi connectivity index (χ3n) is 13.9. The van der Waals surface area contributed by atoms with E-state index in [-0.39, 0.29) is 28.5 Å². The minimum atomic E-state index is -3.79. The maximum absolute atomic E-state index is 14.6. The van der Waals surface area contributed by atoms with Crippen molar-refractivity contribution in [1.82, 2.24) is 9.03 Å². The molecule has 3 saturated carbocycles. The SMILES string of the molecule is CC1(C)C(=O)C(C#N)=C[C@]2(C)C3=CC(=O)[C@]4(O)[C@@H]5C[C@@](C)(NS(=O)(=O)N6CCOCC6)CC[C@@]5(C)CC[C@@]4(C)[C@]3(C)CC[C@@H]12. The fraction of sp³-hybridized carbons (Fsp3) is 0.794. The molecule has 5 aliphatic carbocycles. The molecule has 44 heavy (non-hydrogen) atoms. The average Bonchev–Trinajstić information content (AvgIpc) is 2.95. The van der Waals surface area contributed by atoms with Crippen LogP contribution in [0.1, 0.15) is 93.4 Å². The number of nitriles is 1. The molecule has 6 rings (SSSR count). The van der Waals surface area contributed by atoms with Crippen LogP contribution in [0.25, 0.3) is 0 Å². The van der Waals surface area contributed by atoms with Crippen LogP contribution in [0.2, 0.25) is 0 Å². The third-order valence-corrected chi connectivity index (χ3v) is 15.7. The van der Waals surface area contributed by atoms with Gasteiger partial charge in [0.25, 0.3) is 10.2 Å². The summed E-state index contributed by atoms with van der Waals surface area (Å²) in [5.41, 5.74) is -4.65. The van der Waals surface area contributed by atoms with Gasteiger partial charge < -0.3 is 9.84 Å². The molecule has 0 unspecified atom stereocenters. The number of ether oxygens (including phenoxy) is 1. The van der Waals surface area contributed by atoms with Gasteiger partial charge in [-0.1, -0.05) is 47.6 Å². The lowest BCUT2D eigenvalue weighted by atomic mass is 9.33. The Kier molecular flexibility index (Phi) is 6.97. The van der Waals surface area contributed by atoms with Crippen LogP contribution in [0.4, 0.5) is 0 Å². The summed E-state index contributed by atoms with van der Waals surface area (Å²) >= 11 is 0. The first-order valence-electron chi connectivity index (χ1n) is 16.3. The van der Waals surface area contributed by atoms with Gasteiger partial charge in [-0.25, -0.2) is 0 Å². The monoisotopic (exact) mass is 627 g/mol. The minimum Gasteiger partial charge on any atom is -0.381 e. The van der Waals surface area contributed by atoms with E-state index in [1.54, 1.807) is 12.2 Å². The first-order chi connectivity index (χ1) is 20.2. The Hall–Kier alpha value is -1.90. The van der Waals surface area contributed by atoms with Crippen molar-refractivity contribution in [3.05, 3.63) is 23.3 Å². The van der Waals surface area contributed by atoms with E-state index in [1.807, 2.05) is 20.8 Å². The number of nitrogens with one attached hydrogen (secondary N) is 1. The fourth-order valence-electron chi connectivity index (χ4n) is 11.0. The number of fused-ring (bicyclic) bond motifs is 7. The molecule has 1 saturated heterocycles. The lowest BCUT2D eigenvalue weighted by Crippen LogP contribution is -2.74. The summed E-state index contributed by atoms with van der Waals surface area (Å²) in [6.07, 6.45) is 8.06. The number of ketones is 2. The van der Waals surface area contributed by atoms with Crippen LogP contribution in [-0.4, -0.2) is 66.8 Å². The standard InChI is InChI=1S/C34H49N3O6S/c1-28(2)23-8-9-32(6)24(31(23,5)19-22(21-35)27(28)39)18-26(38)34(40)25-20-30(4,12-10-29(25,3)11-13-33(32,34)7)36-44(41,42)37-14-16-43-17-15-37/h18-19,23,25,36,40H,8-17,20H2,1-7H3/t23-,25+,29-,30-,31-,32+,33-,34+/m0/s1. The second-order valence-electron chi connectivity index (χ2n) is 16.5. The molecule has 1 heterocycles. The van der Waals surface area contributed by atoms with Gasteiger partial charge in [0.05, 0.1) is 18.8 Å². The van der Waals surface area contributed by atoms with E-state index in [2.05, 4.69) is 38.5 Å². The normalized spacial score (nSPS) is 47.2. The molecule has 6 aliphatic rings. The molecule has 0 bridgehead atoms. The van der Waals surface area contributed by atoms with E-state index in [9.17, 15) is 28.4 Å². The van der Waals surface area contributed by atoms with Crippen LogP contribution in [0.3, 0.4) is 0 Å². The van der Waals surface area contributed by atoms with Crippen molar-refractivity contribution in [2.24, 2.45) is 38.9 Å². The Bertz CT molecular complexity index is 1520. The number of hydrogen-bond acceptors (Lipinski definition) is 7. The van der Waals surface area contributed by atoms with Crippen molar-refractivity contribution < 1.29 is 27.9 Å². The van der Waals surface area contributed by atoms with Gasteiger partial charge in [0.2, 0.25) is 0 Å².